The fourth-order valence-electron chi connectivity index (χ4n) is 8.41. The van der Waals surface area contributed by atoms with E-state index in [1.807, 2.05) is 91.0 Å². The number of aromatic nitrogens is 3. The summed E-state index contributed by atoms with van der Waals surface area (Å²) < 4.78 is 19.6. The summed E-state index contributed by atoms with van der Waals surface area (Å²) in [5.74, 6) is 1.64. The molecule has 266 valence electrons. The second-order valence-electron chi connectivity index (χ2n) is 14.3. The van der Waals surface area contributed by atoms with Crippen LogP contribution in [0.5, 0.6) is 0 Å². The quantitative estimate of drug-likeness (QED) is 0.175. The summed E-state index contributed by atoms with van der Waals surface area (Å²) in [6.45, 7) is 0. The molecule has 6 heteroatoms. The molecule has 0 radical (unpaired) electrons. The molecule has 6 nitrogen and oxygen atoms in total. The van der Waals surface area contributed by atoms with E-state index in [2.05, 4.69) is 84.9 Å². The van der Waals surface area contributed by atoms with Crippen molar-refractivity contribution in [3.63, 3.8) is 0 Å². The minimum absolute atomic E-state index is 0.518. The Morgan fingerprint density at radius 2 is 0.772 bits per heavy atom. The van der Waals surface area contributed by atoms with Crippen LogP contribution in [0, 0.1) is 0 Å². The molecule has 0 unspecified atom stereocenters. The second-order valence-corrected chi connectivity index (χ2v) is 14.3. The van der Waals surface area contributed by atoms with Crippen LogP contribution in [0.2, 0.25) is 0 Å². The van der Waals surface area contributed by atoms with E-state index in [0.29, 0.717) is 23.1 Å². The van der Waals surface area contributed by atoms with E-state index >= 15 is 0 Å². The van der Waals surface area contributed by atoms with Crippen molar-refractivity contribution >= 4 is 65.8 Å². The van der Waals surface area contributed by atoms with Gasteiger partial charge in [0.1, 0.15) is 33.5 Å². The molecular weight excluding hydrogens is 703 g/mol. The van der Waals surface area contributed by atoms with Crippen LogP contribution in [-0.4, -0.2) is 15.0 Å². The Morgan fingerprint density at radius 1 is 0.281 bits per heavy atom. The Morgan fingerprint density at radius 3 is 1.51 bits per heavy atom. The highest BCUT2D eigenvalue weighted by molar-refractivity contribution is 6.18. The van der Waals surface area contributed by atoms with Crippen LogP contribution in [-0.2, 0) is 0 Å². The van der Waals surface area contributed by atoms with E-state index < -0.39 is 0 Å². The van der Waals surface area contributed by atoms with E-state index in [0.717, 1.165) is 99.2 Å². The van der Waals surface area contributed by atoms with Gasteiger partial charge in [-0.25, -0.2) is 15.0 Å². The molecular formula is C51H29N3O3. The maximum atomic E-state index is 6.82. The standard InChI is InChI=1S/C51H29N3O3/c1-3-14-30(15-4-1)39-28-32(29-44-47(39)35-19-8-10-25-41(35)56-44)33-20-12-27-43-45(33)36-21-11-23-38(48(36)57-43)51-53-49(31-16-5-2-6-17-31)52-50(54-51)37-22-13-26-42-46(37)34-18-7-9-24-40(34)55-42/h1-29H. The lowest BCUT2D eigenvalue weighted by molar-refractivity contribution is 0.668. The maximum Gasteiger partial charge on any atom is 0.167 e. The first-order valence-electron chi connectivity index (χ1n) is 18.9. The third-order valence-corrected chi connectivity index (χ3v) is 10.9. The zero-order valence-corrected chi connectivity index (χ0v) is 30.3. The fraction of sp³-hybridized carbons (Fsp3) is 0. The average Bonchev–Trinajstić information content (AvgIpc) is 3.98. The van der Waals surface area contributed by atoms with Crippen molar-refractivity contribution in [2.24, 2.45) is 0 Å². The molecule has 4 aromatic heterocycles. The van der Waals surface area contributed by atoms with Gasteiger partial charge in [0.2, 0.25) is 0 Å². The smallest absolute Gasteiger partial charge is 0.167 e. The van der Waals surface area contributed by atoms with Crippen molar-refractivity contribution in [3.05, 3.63) is 176 Å². The summed E-state index contributed by atoms with van der Waals surface area (Å²) in [7, 11) is 0. The van der Waals surface area contributed by atoms with Gasteiger partial charge in [0.25, 0.3) is 0 Å². The Hall–Kier alpha value is -7.83. The summed E-state index contributed by atoms with van der Waals surface area (Å²) in [5.41, 5.74) is 11.6. The van der Waals surface area contributed by atoms with E-state index in [4.69, 9.17) is 28.2 Å². The van der Waals surface area contributed by atoms with Crippen LogP contribution >= 0.6 is 0 Å². The zero-order chi connectivity index (χ0) is 37.5. The SMILES string of the molecule is c1ccc(-c2nc(-c3cccc4c3oc3cccc(-c5cc(-c6ccccc6)c6c(c5)oc5ccccc56)c34)nc(-c3cccc4oc5ccccc5c34)n2)cc1. The van der Waals surface area contributed by atoms with Gasteiger partial charge in [0.15, 0.2) is 17.5 Å². The van der Waals surface area contributed by atoms with Crippen LogP contribution in [0.15, 0.2) is 189 Å². The lowest BCUT2D eigenvalue weighted by Crippen LogP contribution is -2.00. The van der Waals surface area contributed by atoms with Crippen LogP contribution in [0.25, 0.3) is 122 Å². The first-order valence-corrected chi connectivity index (χ1v) is 18.9. The molecule has 0 atom stereocenters. The van der Waals surface area contributed by atoms with Crippen LogP contribution in [0.4, 0.5) is 0 Å². The molecule has 0 aliphatic heterocycles. The number of rotatable bonds is 5. The Bertz CT molecular complexity index is 3530. The molecule has 0 bridgehead atoms. The maximum absolute atomic E-state index is 6.82. The van der Waals surface area contributed by atoms with Crippen molar-refractivity contribution in [3.8, 4) is 56.4 Å². The van der Waals surface area contributed by atoms with Gasteiger partial charge >= 0.3 is 0 Å². The molecule has 0 saturated carbocycles. The molecule has 0 spiro atoms. The van der Waals surface area contributed by atoms with Gasteiger partial charge in [-0.15, -0.1) is 0 Å². The van der Waals surface area contributed by atoms with Gasteiger partial charge in [0.05, 0.1) is 5.56 Å². The van der Waals surface area contributed by atoms with Crippen LogP contribution in [0.3, 0.4) is 0 Å². The third-order valence-electron chi connectivity index (χ3n) is 10.9. The Balaban J connectivity index is 1.09. The van der Waals surface area contributed by atoms with Gasteiger partial charge in [-0.3, -0.25) is 0 Å². The lowest BCUT2D eigenvalue weighted by Gasteiger charge is -2.10. The van der Waals surface area contributed by atoms with Gasteiger partial charge in [-0.05, 0) is 64.7 Å². The van der Waals surface area contributed by atoms with Crippen molar-refractivity contribution < 1.29 is 13.3 Å². The second kappa shape index (κ2) is 12.3. The number of furan rings is 3. The molecule has 0 fully saturated rings. The van der Waals surface area contributed by atoms with Crippen LogP contribution < -0.4 is 0 Å². The predicted molar refractivity (Wildman–Crippen MR) is 229 cm³/mol. The Kier molecular flexibility index (Phi) is 6.83. The molecule has 57 heavy (non-hydrogen) atoms. The number of hydrogen-bond acceptors (Lipinski definition) is 6. The highest BCUT2D eigenvalue weighted by atomic mass is 16.3. The minimum Gasteiger partial charge on any atom is -0.456 e. The predicted octanol–water partition coefficient (Wildman–Crippen LogP) is 13.9. The molecule has 0 aliphatic rings. The molecule has 12 aromatic rings. The van der Waals surface area contributed by atoms with Crippen molar-refractivity contribution in [2.45, 2.75) is 0 Å². The number of nitrogens with zero attached hydrogens (tertiary/aromatic N) is 3. The molecule has 0 saturated heterocycles. The highest BCUT2D eigenvalue weighted by Crippen LogP contribution is 2.45. The van der Waals surface area contributed by atoms with Crippen molar-refractivity contribution in [1.29, 1.82) is 0 Å². The largest absolute Gasteiger partial charge is 0.456 e. The average molecular weight is 732 g/mol. The van der Waals surface area contributed by atoms with E-state index in [1.165, 1.54) is 0 Å². The van der Waals surface area contributed by atoms with E-state index in [9.17, 15) is 0 Å². The van der Waals surface area contributed by atoms with Crippen LogP contribution in [0.1, 0.15) is 0 Å². The molecule has 0 amide bonds. The summed E-state index contributed by atoms with van der Waals surface area (Å²) in [4.78, 5) is 15.4. The molecule has 0 N–H and O–H groups in total. The van der Waals surface area contributed by atoms with Crippen molar-refractivity contribution in [2.75, 3.05) is 0 Å². The number of hydrogen-bond donors (Lipinski definition) is 0. The molecule has 8 aromatic carbocycles. The summed E-state index contributed by atoms with van der Waals surface area (Å²) in [6, 6.07) is 59.7. The van der Waals surface area contributed by atoms with Crippen molar-refractivity contribution in [1.82, 2.24) is 15.0 Å². The van der Waals surface area contributed by atoms with Gasteiger partial charge in [0, 0.05) is 43.4 Å². The third kappa shape index (κ3) is 4.94. The topological polar surface area (TPSA) is 78.1 Å². The summed E-state index contributed by atoms with van der Waals surface area (Å²) in [5, 5.41) is 6.15. The first kappa shape index (κ1) is 31.5. The number of fused-ring (bicyclic) bond motifs is 9. The van der Waals surface area contributed by atoms with E-state index in [1.54, 1.807) is 0 Å². The summed E-state index contributed by atoms with van der Waals surface area (Å²) in [6.07, 6.45) is 0. The van der Waals surface area contributed by atoms with Gasteiger partial charge < -0.3 is 13.3 Å². The van der Waals surface area contributed by atoms with Gasteiger partial charge in [-0.2, -0.15) is 0 Å². The highest BCUT2D eigenvalue weighted by Gasteiger charge is 2.22. The summed E-state index contributed by atoms with van der Waals surface area (Å²) >= 11 is 0. The first-order chi connectivity index (χ1) is 28.2. The normalized spacial score (nSPS) is 11.9. The molecule has 0 aliphatic carbocycles. The minimum atomic E-state index is 0.518. The molecule has 12 rings (SSSR count). The number of benzene rings is 8. The fourth-order valence-corrected chi connectivity index (χ4v) is 8.41. The monoisotopic (exact) mass is 731 g/mol. The molecule has 4 heterocycles. The lowest BCUT2D eigenvalue weighted by atomic mass is 9.92. The number of para-hydroxylation sites is 3. The zero-order valence-electron chi connectivity index (χ0n) is 30.3. The van der Waals surface area contributed by atoms with Gasteiger partial charge in [-0.1, -0.05) is 133 Å². The Labute approximate surface area is 325 Å². The van der Waals surface area contributed by atoms with E-state index in [-0.39, 0.29) is 0 Å².